The maximum absolute atomic E-state index is 12.5. The van der Waals surface area contributed by atoms with Crippen LogP contribution in [0.4, 0.5) is 0 Å². The summed E-state index contributed by atoms with van der Waals surface area (Å²) in [5.41, 5.74) is 0.873. The van der Waals surface area contributed by atoms with Crippen LogP contribution in [0.5, 0.6) is 5.75 Å². The molecule has 166 valence electrons. The molecule has 3 aromatic rings. The SMILES string of the molecule is CCOCCCNC(=O)C(C)Sc1nnc(-c2cccc(OC)c2)n1Cc1ccco1. The zero-order valence-electron chi connectivity index (χ0n) is 18.0. The molecule has 0 aliphatic heterocycles. The van der Waals surface area contributed by atoms with Crippen molar-refractivity contribution in [3.8, 4) is 17.1 Å². The largest absolute Gasteiger partial charge is 0.497 e. The van der Waals surface area contributed by atoms with Gasteiger partial charge in [0.25, 0.3) is 0 Å². The van der Waals surface area contributed by atoms with E-state index in [1.165, 1.54) is 11.8 Å². The Hall–Kier alpha value is -2.78. The van der Waals surface area contributed by atoms with Gasteiger partial charge in [-0.15, -0.1) is 10.2 Å². The van der Waals surface area contributed by atoms with Crippen LogP contribution in [0.1, 0.15) is 26.0 Å². The van der Waals surface area contributed by atoms with Gasteiger partial charge < -0.3 is 19.2 Å². The first-order valence-electron chi connectivity index (χ1n) is 10.2. The highest BCUT2D eigenvalue weighted by Gasteiger charge is 2.21. The van der Waals surface area contributed by atoms with Gasteiger partial charge in [0.05, 0.1) is 25.2 Å². The quantitative estimate of drug-likeness (QED) is 0.337. The lowest BCUT2D eigenvalue weighted by molar-refractivity contribution is -0.120. The summed E-state index contributed by atoms with van der Waals surface area (Å²) in [7, 11) is 1.63. The molecule has 0 fully saturated rings. The van der Waals surface area contributed by atoms with E-state index in [1.807, 2.05) is 54.8 Å². The number of thioether (sulfide) groups is 1. The van der Waals surface area contributed by atoms with Crippen molar-refractivity contribution in [3.05, 3.63) is 48.4 Å². The maximum Gasteiger partial charge on any atom is 0.233 e. The van der Waals surface area contributed by atoms with E-state index in [0.717, 1.165) is 23.5 Å². The lowest BCUT2D eigenvalue weighted by Gasteiger charge is -2.13. The monoisotopic (exact) mass is 444 g/mol. The van der Waals surface area contributed by atoms with Gasteiger partial charge in [-0.05, 0) is 44.5 Å². The molecule has 1 unspecified atom stereocenters. The number of carbonyl (C=O) groups excluding carboxylic acids is 1. The summed E-state index contributed by atoms with van der Waals surface area (Å²) in [5, 5.41) is 12.0. The van der Waals surface area contributed by atoms with Crippen molar-refractivity contribution in [1.82, 2.24) is 20.1 Å². The fourth-order valence-electron chi connectivity index (χ4n) is 2.94. The Kier molecular flexibility index (Phi) is 8.54. The molecule has 8 nitrogen and oxygen atoms in total. The Bertz CT molecular complexity index is 958. The minimum atomic E-state index is -0.329. The first-order chi connectivity index (χ1) is 15.1. The predicted molar refractivity (Wildman–Crippen MR) is 119 cm³/mol. The lowest BCUT2D eigenvalue weighted by atomic mass is 10.2. The zero-order valence-corrected chi connectivity index (χ0v) is 18.9. The summed E-state index contributed by atoms with van der Waals surface area (Å²) < 4.78 is 18.1. The summed E-state index contributed by atoms with van der Waals surface area (Å²) in [5.74, 6) is 2.15. The molecular formula is C22H28N4O4S. The maximum atomic E-state index is 12.5. The average Bonchev–Trinajstić information content (AvgIpc) is 3.44. The lowest BCUT2D eigenvalue weighted by Crippen LogP contribution is -2.32. The fraction of sp³-hybridized carbons (Fsp3) is 0.409. The zero-order chi connectivity index (χ0) is 22.1. The topological polar surface area (TPSA) is 91.4 Å². The van der Waals surface area contributed by atoms with Crippen LogP contribution in [0, 0.1) is 0 Å². The molecule has 1 N–H and O–H groups in total. The molecule has 31 heavy (non-hydrogen) atoms. The van der Waals surface area contributed by atoms with Crippen LogP contribution in [0.3, 0.4) is 0 Å². The molecule has 1 aromatic carbocycles. The number of nitrogens with one attached hydrogen (secondary N) is 1. The van der Waals surface area contributed by atoms with Crippen molar-refractivity contribution in [1.29, 1.82) is 0 Å². The summed E-state index contributed by atoms with van der Waals surface area (Å²) in [6, 6.07) is 11.4. The number of hydrogen-bond donors (Lipinski definition) is 1. The normalized spacial score (nSPS) is 12.0. The van der Waals surface area contributed by atoms with Crippen LogP contribution in [0.2, 0.25) is 0 Å². The van der Waals surface area contributed by atoms with E-state index >= 15 is 0 Å². The van der Waals surface area contributed by atoms with Gasteiger partial charge in [-0.3, -0.25) is 9.36 Å². The number of rotatable bonds is 12. The van der Waals surface area contributed by atoms with E-state index in [4.69, 9.17) is 13.9 Å². The van der Waals surface area contributed by atoms with Crippen molar-refractivity contribution < 1.29 is 18.7 Å². The molecule has 0 bridgehead atoms. The highest BCUT2D eigenvalue weighted by atomic mass is 32.2. The van der Waals surface area contributed by atoms with Crippen LogP contribution < -0.4 is 10.1 Å². The van der Waals surface area contributed by atoms with Crippen molar-refractivity contribution in [2.45, 2.75) is 37.2 Å². The van der Waals surface area contributed by atoms with Crippen LogP contribution >= 0.6 is 11.8 Å². The number of hydrogen-bond acceptors (Lipinski definition) is 7. The van der Waals surface area contributed by atoms with E-state index < -0.39 is 0 Å². The standard InChI is InChI=1S/C22H28N4O4S/c1-4-29-12-7-11-23-21(27)16(2)31-22-25-24-20(17-8-5-9-18(14-17)28-3)26(22)15-19-10-6-13-30-19/h5-6,8-10,13-14,16H,4,7,11-12,15H2,1-3H3,(H,23,27). The van der Waals surface area contributed by atoms with Gasteiger partial charge in [-0.2, -0.15) is 0 Å². The first-order valence-corrected chi connectivity index (χ1v) is 11.1. The summed E-state index contributed by atoms with van der Waals surface area (Å²) in [6.45, 7) is 6.17. The van der Waals surface area contributed by atoms with Crippen molar-refractivity contribution in [2.24, 2.45) is 0 Å². The molecule has 2 heterocycles. The second kappa shape index (κ2) is 11.6. The third-order valence-electron chi connectivity index (χ3n) is 4.56. The molecule has 0 saturated carbocycles. The second-order valence-electron chi connectivity index (χ2n) is 6.81. The van der Waals surface area contributed by atoms with Gasteiger partial charge in [0, 0.05) is 25.3 Å². The highest BCUT2D eigenvalue weighted by Crippen LogP contribution is 2.29. The van der Waals surface area contributed by atoms with Crippen molar-refractivity contribution >= 4 is 17.7 Å². The number of ether oxygens (including phenoxy) is 2. The van der Waals surface area contributed by atoms with Crippen molar-refractivity contribution in [2.75, 3.05) is 26.9 Å². The van der Waals surface area contributed by atoms with Crippen molar-refractivity contribution in [3.63, 3.8) is 0 Å². The average molecular weight is 445 g/mol. The third-order valence-corrected chi connectivity index (χ3v) is 5.64. The Balaban J connectivity index is 1.76. The molecule has 3 rings (SSSR count). The Morgan fingerprint density at radius 2 is 2.16 bits per heavy atom. The van der Waals surface area contributed by atoms with Gasteiger partial charge in [0.2, 0.25) is 5.91 Å². The van der Waals surface area contributed by atoms with E-state index in [0.29, 0.717) is 37.3 Å². The van der Waals surface area contributed by atoms with E-state index in [-0.39, 0.29) is 11.2 Å². The third kappa shape index (κ3) is 6.35. The molecule has 1 amide bonds. The molecule has 2 aromatic heterocycles. The van der Waals surface area contributed by atoms with Gasteiger partial charge in [-0.25, -0.2) is 0 Å². The Morgan fingerprint density at radius 3 is 2.90 bits per heavy atom. The predicted octanol–water partition coefficient (Wildman–Crippen LogP) is 3.62. The number of amides is 1. The van der Waals surface area contributed by atoms with E-state index in [2.05, 4.69) is 15.5 Å². The summed E-state index contributed by atoms with van der Waals surface area (Å²) >= 11 is 1.37. The van der Waals surface area contributed by atoms with Gasteiger partial charge >= 0.3 is 0 Å². The molecule has 0 aliphatic carbocycles. The molecule has 9 heteroatoms. The summed E-state index contributed by atoms with van der Waals surface area (Å²) in [4.78, 5) is 12.5. The first kappa shape index (κ1) is 22.9. The minimum Gasteiger partial charge on any atom is -0.497 e. The second-order valence-corrected chi connectivity index (χ2v) is 8.11. The van der Waals surface area contributed by atoms with Crippen LogP contribution in [-0.4, -0.2) is 52.8 Å². The van der Waals surface area contributed by atoms with E-state index in [1.54, 1.807) is 13.4 Å². The number of furan rings is 1. The smallest absolute Gasteiger partial charge is 0.233 e. The van der Waals surface area contributed by atoms with Crippen LogP contribution in [0.25, 0.3) is 11.4 Å². The number of benzene rings is 1. The van der Waals surface area contributed by atoms with Crippen LogP contribution in [0.15, 0.2) is 52.2 Å². The van der Waals surface area contributed by atoms with E-state index in [9.17, 15) is 4.79 Å². The molecule has 0 spiro atoms. The molecule has 0 aliphatic rings. The van der Waals surface area contributed by atoms with Gasteiger partial charge in [0.15, 0.2) is 11.0 Å². The Labute approximate surface area is 186 Å². The fourth-order valence-corrected chi connectivity index (χ4v) is 3.81. The number of nitrogens with zero attached hydrogens (tertiary/aromatic N) is 3. The van der Waals surface area contributed by atoms with Gasteiger partial charge in [-0.1, -0.05) is 23.9 Å². The van der Waals surface area contributed by atoms with Crippen LogP contribution in [-0.2, 0) is 16.1 Å². The highest BCUT2D eigenvalue weighted by molar-refractivity contribution is 8.00. The number of aromatic nitrogens is 3. The summed E-state index contributed by atoms with van der Waals surface area (Å²) in [6.07, 6.45) is 2.42. The minimum absolute atomic E-state index is 0.0445. The molecule has 0 radical (unpaired) electrons. The number of methoxy groups -OCH3 is 1. The molecule has 1 atom stereocenters. The molecular weight excluding hydrogens is 416 g/mol. The Morgan fingerprint density at radius 1 is 1.29 bits per heavy atom. The molecule has 0 saturated heterocycles. The number of carbonyl (C=O) groups is 1. The van der Waals surface area contributed by atoms with Gasteiger partial charge in [0.1, 0.15) is 11.5 Å².